The summed E-state index contributed by atoms with van der Waals surface area (Å²) < 4.78 is 0. The molecule has 0 bridgehead atoms. The van der Waals surface area contributed by atoms with Gasteiger partial charge in [0.2, 0.25) is 0 Å². The van der Waals surface area contributed by atoms with Crippen molar-refractivity contribution >= 4 is 5.78 Å². The van der Waals surface area contributed by atoms with Crippen molar-refractivity contribution < 1.29 is 9.90 Å². The Kier molecular flexibility index (Phi) is 3.28. The van der Waals surface area contributed by atoms with E-state index in [1.807, 2.05) is 12.1 Å². The van der Waals surface area contributed by atoms with Crippen molar-refractivity contribution in [3.63, 3.8) is 0 Å². The molecule has 0 saturated heterocycles. The van der Waals surface area contributed by atoms with Gasteiger partial charge in [0.05, 0.1) is 0 Å². The molecule has 0 amide bonds. The van der Waals surface area contributed by atoms with Crippen LogP contribution in [0, 0.1) is 0 Å². The van der Waals surface area contributed by atoms with Crippen LogP contribution >= 0.6 is 0 Å². The summed E-state index contributed by atoms with van der Waals surface area (Å²) in [4.78, 5) is 11.1. The zero-order valence-corrected chi connectivity index (χ0v) is 9.75. The van der Waals surface area contributed by atoms with Crippen molar-refractivity contribution in [3.05, 3.63) is 28.8 Å². The maximum Gasteiger partial charge on any atom is 0.134 e. The van der Waals surface area contributed by atoms with E-state index in [4.69, 9.17) is 0 Å². The molecule has 0 radical (unpaired) electrons. The third kappa shape index (κ3) is 2.43. The van der Waals surface area contributed by atoms with Crippen molar-refractivity contribution in [3.8, 4) is 5.75 Å². The van der Waals surface area contributed by atoms with Gasteiger partial charge in [-0.3, -0.25) is 4.79 Å². The first-order valence-electron chi connectivity index (χ1n) is 6.00. The number of benzene rings is 1. The van der Waals surface area contributed by atoms with E-state index in [0.717, 1.165) is 18.4 Å². The van der Waals surface area contributed by atoms with E-state index in [1.165, 1.54) is 30.4 Å². The second-order valence-electron chi connectivity index (χ2n) is 4.69. The number of rotatable bonds is 2. The standard InChI is InChI=1S/C14H18O2/c1-10(15)7-13-8-11-5-3-2-4-6-12(11)9-14(13)16/h8-9,16H,2-7H2,1H3. The zero-order valence-electron chi connectivity index (χ0n) is 9.75. The Morgan fingerprint density at radius 3 is 2.44 bits per heavy atom. The minimum Gasteiger partial charge on any atom is -0.508 e. The van der Waals surface area contributed by atoms with Gasteiger partial charge in [0, 0.05) is 12.0 Å². The molecule has 0 atom stereocenters. The summed E-state index contributed by atoms with van der Waals surface area (Å²) in [7, 11) is 0. The summed E-state index contributed by atoms with van der Waals surface area (Å²) >= 11 is 0. The van der Waals surface area contributed by atoms with Gasteiger partial charge in [0.25, 0.3) is 0 Å². The molecule has 1 aromatic rings. The normalized spacial score (nSPS) is 15.3. The Labute approximate surface area is 96.3 Å². The van der Waals surface area contributed by atoms with E-state index in [2.05, 4.69) is 0 Å². The highest BCUT2D eigenvalue weighted by Crippen LogP contribution is 2.28. The number of aryl methyl sites for hydroxylation is 2. The summed E-state index contributed by atoms with van der Waals surface area (Å²) in [6, 6.07) is 3.89. The Morgan fingerprint density at radius 2 is 1.81 bits per heavy atom. The molecule has 2 rings (SSSR count). The molecule has 2 nitrogen and oxygen atoms in total. The van der Waals surface area contributed by atoms with Gasteiger partial charge in [0.1, 0.15) is 11.5 Å². The van der Waals surface area contributed by atoms with Gasteiger partial charge in [0.15, 0.2) is 0 Å². The Balaban J connectivity index is 2.34. The van der Waals surface area contributed by atoms with Crippen LogP contribution in [-0.2, 0) is 24.1 Å². The average Bonchev–Trinajstić information content (AvgIpc) is 2.42. The van der Waals surface area contributed by atoms with E-state index in [-0.39, 0.29) is 11.5 Å². The molecule has 1 aliphatic carbocycles. The fourth-order valence-electron chi connectivity index (χ4n) is 2.41. The molecule has 0 saturated carbocycles. The number of Topliss-reactive ketones (excluding diaryl/α,β-unsaturated/α-hetero) is 1. The zero-order chi connectivity index (χ0) is 11.5. The first-order chi connectivity index (χ1) is 7.66. The average molecular weight is 218 g/mol. The van der Waals surface area contributed by atoms with E-state index >= 15 is 0 Å². The van der Waals surface area contributed by atoms with Gasteiger partial charge >= 0.3 is 0 Å². The fraction of sp³-hybridized carbons (Fsp3) is 0.500. The van der Waals surface area contributed by atoms with Crippen molar-refractivity contribution in [1.82, 2.24) is 0 Å². The number of aromatic hydroxyl groups is 1. The van der Waals surface area contributed by atoms with Gasteiger partial charge in [-0.15, -0.1) is 0 Å². The Morgan fingerprint density at radius 1 is 1.19 bits per heavy atom. The molecule has 0 fully saturated rings. The lowest BCUT2D eigenvalue weighted by molar-refractivity contribution is -0.116. The minimum atomic E-state index is 0.101. The van der Waals surface area contributed by atoms with Crippen LogP contribution in [0.1, 0.15) is 42.9 Å². The first kappa shape index (κ1) is 11.2. The maximum atomic E-state index is 11.1. The topological polar surface area (TPSA) is 37.3 Å². The number of phenolic OH excluding ortho intramolecular Hbond substituents is 1. The first-order valence-corrected chi connectivity index (χ1v) is 6.00. The Bertz CT molecular complexity index is 407. The largest absolute Gasteiger partial charge is 0.508 e. The summed E-state index contributed by atoms with van der Waals surface area (Å²) in [5, 5.41) is 9.86. The maximum absolute atomic E-state index is 11.1. The van der Waals surface area contributed by atoms with Crippen molar-refractivity contribution in [2.75, 3.05) is 0 Å². The molecule has 0 spiro atoms. The number of fused-ring (bicyclic) bond motifs is 1. The van der Waals surface area contributed by atoms with Gasteiger partial charge in [-0.1, -0.05) is 12.5 Å². The molecule has 1 N–H and O–H groups in total. The predicted molar refractivity (Wildman–Crippen MR) is 63.8 cm³/mol. The third-order valence-corrected chi connectivity index (χ3v) is 3.23. The number of hydrogen-bond acceptors (Lipinski definition) is 2. The van der Waals surface area contributed by atoms with Crippen molar-refractivity contribution in [2.45, 2.75) is 45.4 Å². The molecule has 86 valence electrons. The lowest BCUT2D eigenvalue weighted by Gasteiger charge is -2.10. The molecule has 0 aliphatic heterocycles. The third-order valence-electron chi connectivity index (χ3n) is 3.23. The number of hydrogen-bond donors (Lipinski definition) is 1. The lowest BCUT2D eigenvalue weighted by Crippen LogP contribution is -2.00. The monoisotopic (exact) mass is 218 g/mol. The number of carbonyl (C=O) groups is 1. The molecule has 1 aliphatic rings. The van der Waals surface area contributed by atoms with Crippen LogP contribution in [0.2, 0.25) is 0 Å². The minimum absolute atomic E-state index is 0.101. The highest BCUT2D eigenvalue weighted by molar-refractivity contribution is 5.79. The quantitative estimate of drug-likeness (QED) is 0.775. The highest BCUT2D eigenvalue weighted by atomic mass is 16.3. The van der Waals surface area contributed by atoms with Crippen LogP contribution in [-0.4, -0.2) is 10.9 Å². The molecular formula is C14H18O2. The smallest absolute Gasteiger partial charge is 0.134 e. The lowest BCUT2D eigenvalue weighted by atomic mass is 9.97. The second kappa shape index (κ2) is 4.69. The van der Waals surface area contributed by atoms with Crippen LogP contribution in [0.5, 0.6) is 5.75 Å². The van der Waals surface area contributed by atoms with E-state index < -0.39 is 0 Å². The van der Waals surface area contributed by atoms with Gasteiger partial charge < -0.3 is 5.11 Å². The van der Waals surface area contributed by atoms with Crippen LogP contribution in [0.3, 0.4) is 0 Å². The molecule has 0 heterocycles. The second-order valence-corrected chi connectivity index (χ2v) is 4.69. The molecule has 2 heteroatoms. The number of carbonyl (C=O) groups excluding carboxylic acids is 1. The van der Waals surface area contributed by atoms with E-state index in [0.29, 0.717) is 6.42 Å². The Hall–Kier alpha value is -1.31. The molecule has 0 unspecified atom stereocenters. The summed E-state index contributed by atoms with van der Waals surface area (Å²) in [5.41, 5.74) is 3.38. The molecular weight excluding hydrogens is 200 g/mol. The molecule has 16 heavy (non-hydrogen) atoms. The van der Waals surface area contributed by atoms with Crippen LogP contribution < -0.4 is 0 Å². The predicted octanol–water partition coefficient (Wildman–Crippen LogP) is 2.79. The summed E-state index contributed by atoms with van der Waals surface area (Å²) in [6.45, 7) is 1.56. The fourth-order valence-corrected chi connectivity index (χ4v) is 2.41. The van der Waals surface area contributed by atoms with Crippen LogP contribution in [0.15, 0.2) is 12.1 Å². The highest BCUT2D eigenvalue weighted by Gasteiger charge is 2.12. The molecule has 0 aromatic heterocycles. The van der Waals surface area contributed by atoms with E-state index in [9.17, 15) is 9.90 Å². The van der Waals surface area contributed by atoms with Crippen LogP contribution in [0.4, 0.5) is 0 Å². The van der Waals surface area contributed by atoms with Gasteiger partial charge in [-0.2, -0.15) is 0 Å². The van der Waals surface area contributed by atoms with Gasteiger partial charge in [-0.05, 0) is 49.8 Å². The number of ketones is 1. The van der Waals surface area contributed by atoms with E-state index in [1.54, 1.807) is 6.92 Å². The van der Waals surface area contributed by atoms with Crippen LogP contribution in [0.25, 0.3) is 0 Å². The van der Waals surface area contributed by atoms with Crippen molar-refractivity contribution in [2.24, 2.45) is 0 Å². The van der Waals surface area contributed by atoms with Crippen molar-refractivity contribution in [1.29, 1.82) is 0 Å². The van der Waals surface area contributed by atoms with Gasteiger partial charge in [-0.25, -0.2) is 0 Å². The number of phenols is 1. The summed E-state index contributed by atoms with van der Waals surface area (Å²) in [5.74, 6) is 0.389. The SMILES string of the molecule is CC(=O)Cc1cc2c(cc1O)CCCCC2. The molecule has 1 aromatic carbocycles. The summed E-state index contributed by atoms with van der Waals surface area (Å²) in [6.07, 6.45) is 6.18.